The Morgan fingerprint density at radius 2 is 1.91 bits per heavy atom. The third-order valence-electron chi connectivity index (χ3n) is 3.35. The number of nitrogens with one attached hydrogen (secondary N) is 1. The lowest BCUT2D eigenvalue weighted by atomic mass is 10.1. The molecular weight excluding hydrogens is 308 g/mol. The van der Waals surface area contributed by atoms with Crippen molar-refractivity contribution in [1.82, 2.24) is 5.43 Å². The van der Waals surface area contributed by atoms with E-state index in [-0.39, 0.29) is 5.91 Å². The molecule has 2 aromatic heterocycles. The van der Waals surface area contributed by atoms with Crippen LogP contribution >= 0.6 is 11.3 Å². The molecule has 3 aromatic rings. The minimum atomic E-state index is -0.227. The zero-order valence-electron chi connectivity index (χ0n) is 12.9. The Balaban J connectivity index is 1.74. The van der Waals surface area contributed by atoms with Crippen molar-refractivity contribution in [2.24, 2.45) is 5.10 Å². The summed E-state index contributed by atoms with van der Waals surface area (Å²) in [6.45, 7) is 3.89. The summed E-state index contributed by atoms with van der Waals surface area (Å²) in [5.41, 5.74) is 5.67. The predicted octanol–water partition coefficient (Wildman–Crippen LogP) is 4.39. The maximum absolute atomic E-state index is 12.3. The number of aryl methyl sites for hydroxylation is 2. The fraction of sp³-hybridized carbons (Fsp3) is 0.111. The Labute approximate surface area is 138 Å². The lowest BCUT2D eigenvalue weighted by Gasteiger charge is -2.03. The summed E-state index contributed by atoms with van der Waals surface area (Å²) in [7, 11) is 0. The van der Waals surface area contributed by atoms with Crippen molar-refractivity contribution in [2.45, 2.75) is 13.8 Å². The molecule has 0 aliphatic heterocycles. The number of thiophene rings is 1. The first kappa shape index (κ1) is 15.2. The zero-order chi connectivity index (χ0) is 16.2. The Morgan fingerprint density at radius 3 is 2.61 bits per heavy atom. The van der Waals surface area contributed by atoms with Crippen LogP contribution in [0.25, 0.3) is 11.1 Å². The highest BCUT2D eigenvalue weighted by molar-refractivity contribution is 7.12. The van der Waals surface area contributed by atoms with E-state index >= 15 is 0 Å². The van der Waals surface area contributed by atoms with E-state index in [0.29, 0.717) is 10.6 Å². The van der Waals surface area contributed by atoms with Crippen LogP contribution in [0.3, 0.4) is 0 Å². The van der Waals surface area contributed by atoms with Gasteiger partial charge < -0.3 is 4.42 Å². The second kappa shape index (κ2) is 6.62. The van der Waals surface area contributed by atoms with Crippen LogP contribution in [0, 0.1) is 13.8 Å². The van der Waals surface area contributed by atoms with E-state index in [9.17, 15) is 4.79 Å². The standard InChI is InChI=1S/C18H16N2O2S/c1-12-3-6-14(7-4-12)16-9-10-23-17(16)18(21)20-19-11-15-8-5-13(2)22-15/h3-11H,1-2H3,(H,20,21)/b19-11-. The van der Waals surface area contributed by atoms with Crippen LogP contribution in [0.15, 0.2) is 57.4 Å². The maximum atomic E-state index is 12.3. The van der Waals surface area contributed by atoms with Gasteiger partial charge in [-0.05, 0) is 43.0 Å². The highest BCUT2D eigenvalue weighted by atomic mass is 32.1. The molecule has 0 saturated heterocycles. The van der Waals surface area contributed by atoms with Crippen molar-refractivity contribution < 1.29 is 9.21 Å². The van der Waals surface area contributed by atoms with E-state index in [1.54, 1.807) is 6.07 Å². The quantitative estimate of drug-likeness (QED) is 0.571. The highest BCUT2D eigenvalue weighted by Crippen LogP contribution is 2.28. The summed E-state index contributed by atoms with van der Waals surface area (Å²) < 4.78 is 5.36. The van der Waals surface area contributed by atoms with E-state index in [1.807, 2.05) is 55.6 Å². The van der Waals surface area contributed by atoms with Crippen molar-refractivity contribution in [3.63, 3.8) is 0 Å². The monoisotopic (exact) mass is 324 g/mol. The van der Waals surface area contributed by atoms with Gasteiger partial charge in [0.15, 0.2) is 0 Å². The van der Waals surface area contributed by atoms with Crippen molar-refractivity contribution in [3.8, 4) is 11.1 Å². The van der Waals surface area contributed by atoms with E-state index in [4.69, 9.17) is 4.42 Å². The summed E-state index contributed by atoms with van der Waals surface area (Å²) in [6, 6.07) is 13.7. The van der Waals surface area contributed by atoms with Crippen molar-refractivity contribution in [1.29, 1.82) is 0 Å². The smallest absolute Gasteiger partial charge is 0.282 e. The molecule has 5 heteroatoms. The Kier molecular flexibility index (Phi) is 4.39. The second-order valence-corrected chi connectivity index (χ2v) is 6.09. The van der Waals surface area contributed by atoms with Gasteiger partial charge >= 0.3 is 0 Å². The number of hydrazone groups is 1. The average Bonchev–Trinajstić information content (AvgIpc) is 3.17. The molecule has 2 heterocycles. The van der Waals surface area contributed by atoms with Crippen LogP contribution in [0.5, 0.6) is 0 Å². The summed E-state index contributed by atoms with van der Waals surface area (Å²) in [4.78, 5) is 13.0. The number of amides is 1. The molecule has 4 nitrogen and oxygen atoms in total. The molecule has 1 amide bonds. The number of furan rings is 1. The Hall–Kier alpha value is -2.66. The Bertz CT molecular complexity index is 844. The van der Waals surface area contributed by atoms with Gasteiger partial charge in [-0.3, -0.25) is 4.79 Å². The molecule has 0 bridgehead atoms. The summed E-state index contributed by atoms with van der Waals surface area (Å²) in [5, 5.41) is 5.85. The van der Waals surface area contributed by atoms with Gasteiger partial charge in [-0.25, -0.2) is 5.43 Å². The van der Waals surface area contributed by atoms with Gasteiger partial charge in [0, 0.05) is 5.56 Å². The van der Waals surface area contributed by atoms with Gasteiger partial charge in [0.25, 0.3) is 5.91 Å². The molecule has 0 saturated carbocycles. The predicted molar refractivity (Wildman–Crippen MR) is 93.0 cm³/mol. The normalized spacial score (nSPS) is 11.0. The molecule has 1 aromatic carbocycles. The molecule has 0 unspecified atom stereocenters. The topological polar surface area (TPSA) is 54.6 Å². The largest absolute Gasteiger partial charge is 0.460 e. The van der Waals surface area contributed by atoms with Gasteiger partial charge in [-0.1, -0.05) is 29.8 Å². The van der Waals surface area contributed by atoms with Crippen LogP contribution in [0.4, 0.5) is 0 Å². The third kappa shape index (κ3) is 3.57. The first-order valence-corrected chi connectivity index (χ1v) is 8.06. The molecular formula is C18H16N2O2S. The maximum Gasteiger partial charge on any atom is 0.282 e. The van der Waals surface area contributed by atoms with E-state index in [0.717, 1.165) is 16.9 Å². The molecule has 0 spiro atoms. The minimum Gasteiger partial charge on any atom is -0.460 e. The van der Waals surface area contributed by atoms with Gasteiger partial charge in [0.05, 0.1) is 6.21 Å². The van der Waals surface area contributed by atoms with Crippen molar-refractivity contribution in [2.75, 3.05) is 0 Å². The van der Waals surface area contributed by atoms with E-state index in [2.05, 4.69) is 10.5 Å². The number of rotatable bonds is 4. The minimum absolute atomic E-state index is 0.227. The number of carbonyl (C=O) groups is 1. The summed E-state index contributed by atoms with van der Waals surface area (Å²) >= 11 is 1.40. The fourth-order valence-corrected chi connectivity index (χ4v) is 2.98. The third-order valence-corrected chi connectivity index (χ3v) is 4.27. The molecule has 1 N–H and O–H groups in total. The van der Waals surface area contributed by atoms with Crippen LogP contribution in [0.1, 0.15) is 26.8 Å². The van der Waals surface area contributed by atoms with Gasteiger partial charge in [0.2, 0.25) is 0 Å². The molecule has 0 aliphatic carbocycles. The number of hydrogen-bond donors (Lipinski definition) is 1. The number of carbonyl (C=O) groups excluding carboxylic acids is 1. The van der Waals surface area contributed by atoms with Gasteiger partial charge in [0.1, 0.15) is 16.4 Å². The lowest BCUT2D eigenvalue weighted by Crippen LogP contribution is -2.16. The zero-order valence-corrected chi connectivity index (χ0v) is 13.7. The number of nitrogens with zero attached hydrogens (tertiary/aromatic N) is 1. The molecule has 0 atom stereocenters. The van der Waals surface area contributed by atoms with Crippen LogP contribution in [-0.4, -0.2) is 12.1 Å². The van der Waals surface area contributed by atoms with Crippen LogP contribution in [-0.2, 0) is 0 Å². The first-order valence-electron chi connectivity index (χ1n) is 7.18. The molecule has 3 rings (SSSR count). The molecule has 0 radical (unpaired) electrons. The second-order valence-electron chi connectivity index (χ2n) is 5.18. The van der Waals surface area contributed by atoms with Crippen molar-refractivity contribution >= 4 is 23.5 Å². The van der Waals surface area contributed by atoms with E-state index in [1.165, 1.54) is 23.1 Å². The fourth-order valence-electron chi connectivity index (χ4n) is 2.17. The van der Waals surface area contributed by atoms with Crippen LogP contribution in [0.2, 0.25) is 0 Å². The molecule has 116 valence electrons. The van der Waals surface area contributed by atoms with Crippen LogP contribution < -0.4 is 5.43 Å². The summed E-state index contributed by atoms with van der Waals surface area (Å²) in [6.07, 6.45) is 1.49. The summed E-state index contributed by atoms with van der Waals surface area (Å²) in [5.74, 6) is 1.18. The number of hydrogen-bond acceptors (Lipinski definition) is 4. The molecule has 0 aliphatic rings. The Morgan fingerprint density at radius 1 is 1.13 bits per heavy atom. The van der Waals surface area contributed by atoms with Gasteiger partial charge in [-0.15, -0.1) is 11.3 Å². The van der Waals surface area contributed by atoms with Gasteiger partial charge in [-0.2, -0.15) is 5.10 Å². The first-order chi connectivity index (χ1) is 11.1. The highest BCUT2D eigenvalue weighted by Gasteiger charge is 2.14. The average molecular weight is 324 g/mol. The number of benzene rings is 1. The lowest BCUT2D eigenvalue weighted by molar-refractivity contribution is 0.0960. The molecule has 0 fully saturated rings. The van der Waals surface area contributed by atoms with Crippen molar-refractivity contribution in [3.05, 3.63) is 69.8 Å². The molecule has 23 heavy (non-hydrogen) atoms. The van der Waals surface area contributed by atoms with E-state index < -0.39 is 0 Å². The SMILES string of the molecule is Cc1ccc(-c2ccsc2C(=O)N/N=C\c2ccc(C)o2)cc1.